The van der Waals surface area contributed by atoms with E-state index in [2.05, 4.69) is 11.0 Å². The van der Waals surface area contributed by atoms with Crippen molar-refractivity contribution in [3.63, 3.8) is 0 Å². The molecular formula is C12H19N3O2S. The van der Waals surface area contributed by atoms with Crippen LogP contribution < -0.4 is 0 Å². The molecule has 0 amide bonds. The zero-order valence-electron chi connectivity index (χ0n) is 11.3. The number of aromatic nitrogens is 2. The predicted octanol–water partition coefficient (Wildman–Crippen LogP) is 1.07. The molecule has 1 rings (SSSR count). The van der Waals surface area contributed by atoms with Crippen LogP contribution in [-0.4, -0.2) is 35.6 Å². The van der Waals surface area contributed by atoms with Gasteiger partial charge < -0.3 is 0 Å². The molecule has 0 unspecified atom stereocenters. The van der Waals surface area contributed by atoms with Gasteiger partial charge in [0.25, 0.3) is 0 Å². The van der Waals surface area contributed by atoms with Crippen LogP contribution in [0.2, 0.25) is 0 Å². The van der Waals surface area contributed by atoms with Gasteiger partial charge in [0.1, 0.15) is 4.90 Å². The summed E-state index contributed by atoms with van der Waals surface area (Å²) in [7, 11) is -1.83. The summed E-state index contributed by atoms with van der Waals surface area (Å²) in [6.07, 6.45) is 5.96. The summed E-state index contributed by atoms with van der Waals surface area (Å²) >= 11 is 0. The Morgan fingerprint density at radius 2 is 2.06 bits per heavy atom. The molecule has 0 aliphatic rings. The van der Waals surface area contributed by atoms with Crippen LogP contribution in [-0.2, 0) is 17.1 Å². The second-order valence-corrected chi connectivity index (χ2v) is 6.04. The molecule has 5 nitrogen and oxygen atoms in total. The molecule has 6 heteroatoms. The third-order valence-electron chi connectivity index (χ3n) is 2.78. The molecule has 18 heavy (non-hydrogen) atoms. The Hall–Kier alpha value is -1.32. The molecule has 0 fully saturated rings. The van der Waals surface area contributed by atoms with Gasteiger partial charge in [-0.3, -0.25) is 4.68 Å². The maximum Gasteiger partial charge on any atom is 0.247 e. The van der Waals surface area contributed by atoms with E-state index in [1.165, 1.54) is 4.31 Å². The molecule has 1 aromatic rings. The minimum atomic E-state index is -3.56. The highest BCUT2D eigenvalue weighted by Crippen LogP contribution is 2.22. The first kappa shape index (κ1) is 14.7. The second kappa shape index (κ2) is 5.55. The molecule has 0 spiro atoms. The average Bonchev–Trinajstić information content (AvgIpc) is 2.53. The molecule has 0 saturated heterocycles. The molecule has 1 heterocycles. The summed E-state index contributed by atoms with van der Waals surface area (Å²) in [5.74, 6) is 2.39. The van der Waals surface area contributed by atoms with Gasteiger partial charge in [-0.15, -0.1) is 6.42 Å². The second-order valence-electron chi connectivity index (χ2n) is 4.17. The van der Waals surface area contributed by atoms with E-state index in [1.807, 2.05) is 6.92 Å². The van der Waals surface area contributed by atoms with Crippen LogP contribution in [0.4, 0.5) is 0 Å². The highest BCUT2D eigenvalue weighted by atomic mass is 32.2. The Bertz CT molecular complexity index is 567. The minimum absolute atomic E-state index is 0.0872. The average molecular weight is 269 g/mol. The van der Waals surface area contributed by atoms with Gasteiger partial charge in [-0.2, -0.15) is 9.40 Å². The van der Waals surface area contributed by atoms with E-state index in [1.54, 1.807) is 25.6 Å². The van der Waals surface area contributed by atoms with Gasteiger partial charge >= 0.3 is 0 Å². The van der Waals surface area contributed by atoms with Crippen molar-refractivity contribution >= 4 is 10.0 Å². The number of hydrogen-bond acceptors (Lipinski definition) is 3. The van der Waals surface area contributed by atoms with Gasteiger partial charge in [-0.05, 0) is 20.3 Å². The quantitative estimate of drug-likeness (QED) is 0.751. The van der Waals surface area contributed by atoms with Crippen LogP contribution in [0.1, 0.15) is 24.7 Å². The fourth-order valence-electron chi connectivity index (χ4n) is 1.89. The highest BCUT2D eigenvalue weighted by Gasteiger charge is 2.29. The summed E-state index contributed by atoms with van der Waals surface area (Å²) in [5.41, 5.74) is 1.14. The van der Waals surface area contributed by atoms with Crippen molar-refractivity contribution in [1.29, 1.82) is 0 Å². The van der Waals surface area contributed by atoms with E-state index in [0.717, 1.165) is 6.42 Å². The summed E-state index contributed by atoms with van der Waals surface area (Å²) in [6.45, 7) is 5.86. The molecule has 0 radical (unpaired) electrons. The van der Waals surface area contributed by atoms with Crippen molar-refractivity contribution in [2.45, 2.75) is 32.1 Å². The molecule has 0 saturated carbocycles. The van der Waals surface area contributed by atoms with Gasteiger partial charge in [-0.25, -0.2) is 8.42 Å². The van der Waals surface area contributed by atoms with E-state index >= 15 is 0 Å². The molecule has 100 valence electrons. The highest BCUT2D eigenvalue weighted by molar-refractivity contribution is 7.89. The topological polar surface area (TPSA) is 55.2 Å². The lowest BCUT2D eigenvalue weighted by Gasteiger charge is -2.19. The van der Waals surface area contributed by atoms with Crippen molar-refractivity contribution in [3.05, 3.63) is 11.4 Å². The largest absolute Gasteiger partial charge is 0.271 e. The molecule has 0 aliphatic carbocycles. The van der Waals surface area contributed by atoms with Gasteiger partial charge in [-0.1, -0.05) is 12.8 Å². The van der Waals surface area contributed by atoms with Crippen molar-refractivity contribution in [1.82, 2.24) is 14.1 Å². The monoisotopic (exact) mass is 269 g/mol. The molecule has 0 aliphatic heterocycles. The lowest BCUT2D eigenvalue weighted by Crippen LogP contribution is -2.32. The Kier molecular flexibility index (Phi) is 4.54. The van der Waals surface area contributed by atoms with Gasteiger partial charge in [0, 0.05) is 13.6 Å². The fraction of sp³-hybridized carbons (Fsp3) is 0.583. The first-order valence-corrected chi connectivity index (χ1v) is 7.24. The number of hydrogen-bond donors (Lipinski definition) is 0. The molecule has 0 bridgehead atoms. The van der Waals surface area contributed by atoms with E-state index in [9.17, 15) is 8.42 Å². The first-order chi connectivity index (χ1) is 8.36. The maximum atomic E-state index is 12.5. The Balaban J connectivity index is 3.31. The molecule has 0 aromatic carbocycles. The van der Waals surface area contributed by atoms with Gasteiger partial charge in [0.05, 0.1) is 17.9 Å². The Morgan fingerprint density at radius 3 is 2.44 bits per heavy atom. The SMILES string of the molecule is C#CCN(CCC)S(=O)(=O)c1c(C)nn(C)c1C. The Morgan fingerprint density at radius 1 is 1.44 bits per heavy atom. The van der Waals surface area contributed by atoms with Crippen molar-refractivity contribution in [2.75, 3.05) is 13.1 Å². The number of terminal acetylenes is 1. The summed E-state index contributed by atoms with van der Waals surface area (Å²) < 4.78 is 28.0. The number of nitrogens with zero attached hydrogens (tertiary/aromatic N) is 3. The number of rotatable bonds is 5. The van der Waals surface area contributed by atoms with E-state index < -0.39 is 10.0 Å². The molecule has 0 atom stereocenters. The van der Waals surface area contributed by atoms with Crippen molar-refractivity contribution < 1.29 is 8.42 Å². The predicted molar refractivity (Wildman–Crippen MR) is 70.6 cm³/mol. The van der Waals surface area contributed by atoms with Gasteiger partial charge in [0.15, 0.2) is 0 Å². The number of aryl methyl sites for hydroxylation is 2. The van der Waals surface area contributed by atoms with Gasteiger partial charge in [0.2, 0.25) is 10.0 Å². The Labute approximate surface area is 109 Å². The first-order valence-electron chi connectivity index (χ1n) is 5.80. The van der Waals surface area contributed by atoms with E-state index in [0.29, 0.717) is 17.9 Å². The number of sulfonamides is 1. The normalized spacial score (nSPS) is 11.8. The van der Waals surface area contributed by atoms with Crippen LogP contribution in [0.15, 0.2) is 4.90 Å². The van der Waals surface area contributed by atoms with Crippen LogP contribution in [0.3, 0.4) is 0 Å². The summed E-state index contributed by atoms with van der Waals surface area (Å²) in [4.78, 5) is 0.272. The van der Waals surface area contributed by atoms with Crippen molar-refractivity contribution in [3.8, 4) is 12.3 Å². The summed E-state index contributed by atoms with van der Waals surface area (Å²) in [5, 5.41) is 4.14. The van der Waals surface area contributed by atoms with E-state index in [4.69, 9.17) is 6.42 Å². The molecule has 1 aromatic heterocycles. The minimum Gasteiger partial charge on any atom is -0.271 e. The maximum absolute atomic E-state index is 12.5. The molecular weight excluding hydrogens is 250 g/mol. The lowest BCUT2D eigenvalue weighted by atomic mass is 10.4. The third-order valence-corrected chi connectivity index (χ3v) is 4.88. The smallest absolute Gasteiger partial charge is 0.247 e. The van der Waals surface area contributed by atoms with Crippen LogP contribution in [0, 0.1) is 26.2 Å². The lowest BCUT2D eigenvalue weighted by molar-refractivity contribution is 0.445. The molecule has 0 N–H and O–H groups in total. The zero-order valence-corrected chi connectivity index (χ0v) is 12.1. The standard InChI is InChI=1S/C12H19N3O2S/c1-6-8-15(9-7-2)18(16,17)12-10(3)13-14(5)11(12)4/h1H,7-9H2,2-5H3. The third kappa shape index (κ3) is 2.57. The van der Waals surface area contributed by atoms with Crippen LogP contribution >= 0.6 is 0 Å². The summed E-state index contributed by atoms with van der Waals surface area (Å²) in [6, 6.07) is 0. The van der Waals surface area contributed by atoms with Crippen molar-refractivity contribution in [2.24, 2.45) is 7.05 Å². The zero-order chi connectivity index (χ0) is 13.9. The van der Waals surface area contributed by atoms with Crippen LogP contribution in [0.5, 0.6) is 0 Å². The fourth-order valence-corrected chi connectivity index (χ4v) is 3.74. The van der Waals surface area contributed by atoms with Crippen LogP contribution in [0.25, 0.3) is 0 Å². The van der Waals surface area contributed by atoms with E-state index in [-0.39, 0.29) is 11.4 Å².